The fourth-order valence-corrected chi connectivity index (χ4v) is 2.42. The predicted octanol–water partition coefficient (Wildman–Crippen LogP) is 1.57. The van der Waals surface area contributed by atoms with E-state index in [1.165, 1.54) is 0 Å². The van der Waals surface area contributed by atoms with Crippen LogP contribution in [0.3, 0.4) is 0 Å². The van der Waals surface area contributed by atoms with Crippen molar-refractivity contribution in [2.75, 3.05) is 6.61 Å². The van der Waals surface area contributed by atoms with Crippen molar-refractivity contribution in [3.05, 3.63) is 0 Å². The lowest BCUT2D eigenvalue weighted by Gasteiger charge is -2.27. The second kappa shape index (κ2) is 3.17. The summed E-state index contributed by atoms with van der Waals surface area (Å²) in [5.41, 5.74) is 0. The predicted molar refractivity (Wildman–Crippen MR) is 42.7 cm³/mol. The Morgan fingerprint density at radius 2 is 2.15 bits per heavy atom. The number of ether oxygens (including phenoxy) is 1. The van der Waals surface area contributed by atoms with Crippen LogP contribution in [0.5, 0.6) is 0 Å². The van der Waals surface area contributed by atoms with E-state index in [-0.39, 0.29) is 12.2 Å². The van der Waals surface area contributed by atoms with E-state index in [1.54, 1.807) is 0 Å². The molecule has 2 bridgehead atoms. The molecule has 0 aliphatic carbocycles. The molecule has 2 heterocycles. The van der Waals surface area contributed by atoms with Gasteiger partial charge in [0.05, 0.1) is 18.1 Å². The summed E-state index contributed by atoms with van der Waals surface area (Å²) in [6.45, 7) is -0.444. The highest BCUT2D eigenvalue weighted by Crippen LogP contribution is 2.47. The number of fused-ring (bicyclic) bond motifs is 2. The Balaban J connectivity index is 2.01. The standard InChI is InChI=1S/C9H14F2O2/c10-9(11,3-4-12)7-5-6-1-2-8(7)13-6/h6-8,12H,1-5H2. The van der Waals surface area contributed by atoms with Gasteiger partial charge in [0, 0.05) is 13.0 Å². The lowest BCUT2D eigenvalue weighted by atomic mass is 9.83. The number of halogens is 2. The van der Waals surface area contributed by atoms with Crippen LogP contribution in [0.1, 0.15) is 25.7 Å². The first-order chi connectivity index (χ1) is 6.13. The van der Waals surface area contributed by atoms with E-state index in [0.717, 1.165) is 12.8 Å². The zero-order valence-electron chi connectivity index (χ0n) is 7.38. The van der Waals surface area contributed by atoms with Gasteiger partial charge in [-0.2, -0.15) is 0 Å². The monoisotopic (exact) mass is 192 g/mol. The lowest BCUT2D eigenvalue weighted by molar-refractivity contribution is -0.0940. The number of rotatable bonds is 3. The molecular formula is C9H14F2O2. The topological polar surface area (TPSA) is 29.5 Å². The third-order valence-electron chi connectivity index (χ3n) is 3.09. The molecule has 3 unspecified atom stereocenters. The third kappa shape index (κ3) is 1.57. The highest BCUT2D eigenvalue weighted by atomic mass is 19.3. The molecule has 2 aliphatic heterocycles. The summed E-state index contributed by atoms with van der Waals surface area (Å²) in [6.07, 6.45) is 1.53. The molecule has 13 heavy (non-hydrogen) atoms. The maximum absolute atomic E-state index is 13.3. The molecule has 0 aromatic rings. The molecule has 1 N–H and O–H groups in total. The lowest BCUT2D eigenvalue weighted by Crippen LogP contribution is -2.36. The van der Waals surface area contributed by atoms with Crippen LogP contribution in [0.15, 0.2) is 0 Å². The highest BCUT2D eigenvalue weighted by molar-refractivity contribution is 4.95. The van der Waals surface area contributed by atoms with Crippen LogP contribution < -0.4 is 0 Å². The van der Waals surface area contributed by atoms with E-state index in [1.807, 2.05) is 0 Å². The van der Waals surface area contributed by atoms with Crippen LogP contribution in [0, 0.1) is 5.92 Å². The molecule has 0 spiro atoms. The molecule has 4 heteroatoms. The first-order valence-electron chi connectivity index (χ1n) is 4.77. The smallest absolute Gasteiger partial charge is 0.255 e. The van der Waals surface area contributed by atoms with E-state index in [9.17, 15) is 8.78 Å². The molecule has 2 aliphatic rings. The minimum Gasteiger partial charge on any atom is -0.396 e. The van der Waals surface area contributed by atoms with Gasteiger partial charge < -0.3 is 9.84 Å². The largest absolute Gasteiger partial charge is 0.396 e. The van der Waals surface area contributed by atoms with Gasteiger partial charge in [-0.1, -0.05) is 0 Å². The fraction of sp³-hybridized carbons (Fsp3) is 1.00. The average molecular weight is 192 g/mol. The van der Waals surface area contributed by atoms with Crippen LogP contribution in [-0.2, 0) is 4.74 Å². The van der Waals surface area contributed by atoms with Gasteiger partial charge in [0.1, 0.15) is 0 Å². The van der Waals surface area contributed by atoms with Gasteiger partial charge in [0.15, 0.2) is 0 Å². The Morgan fingerprint density at radius 3 is 2.62 bits per heavy atom. The second-order valence-electron chi connectivity index (χ2n) is 3.95. The fourth-order valence-electron chi connectivity index (χ4n) is 2.42. The zero-order valence-corrected chi connectivity index (χ0v) is 7.38. The Labute approximate surface area is 75.9 Å². The van der Waals surface area contributed by atoms with Crippen LogP contribution in [0.25, 0.3) is 0 Å². The maximum Gasteiger partial charge on any atom is 0.255 e. The third-order valence-corrected chi connectivity index (χ3v) is 3.09. The molecule has 0 radical (unpaired) electrons. The minimum atomic E-state index is -2.74. The molecule has 3 atom stereocenters. The van der Waals surface area contributed by atoms with Crippen molar-refractivity contribution in [2.24, 2.45) is 5.92 Å². The quantitative estimate of drug-likeness (QED) is 0.735. The molecule has 2 nitrogen and oxygen atoms in total. The number of hydrogen-bond donors (Lipinski definition) is 1. The molecule has 2 rings (SSSR count). The number of alkyl halides is 2. The maximum atomic E-state index is 13.3. The van der Waals surface area contributed by atoms with Crippen molar-refractivity contribution >= 4 is 0 Å². The van der Waals surface area contributed by atoms with Crippen molar-refractivity contribution in [3.8, 4) is 0 Å². The van der Waals surface area contributed by atoms with Gasteiger partial charge in [-0.05, 0) is 19.3 Å². The van der Waals surface area contributed by atoms with Crippen molar-refractivity contribution in [2.45, 2.75) is 43.8 Å². The van der Waals surface area contributed by atoms with E-state index < -0.39 is 24.9 Å². The summed E-state index contributed by atoms with van der Waals surface area (Å²) in [4.78, 5) is 0. The van der Waals surface area contributed by atoms with Gasteiger partial charge in [-0.3, -0.25) is 0 Å². The summed E-state index contributed by atoms with van der Waals surface area (Å²) in [5.74, 6) is -3.40. The Morgan fingerprint density at radius 1 is 1.38 bits per heavy atom. The SMILES string of the molecule is OCCC(F)(F)C1CC2CCC1O2. The van der Waals surface area contributed by atoms with Gasteiger partial charge in [-0.25, -0.2) is 8.78 Å². The van der Waals surface area contributed by atoms with Crippen molar-refractivity contribution in [1.82, 2.24) is 0 Å². The van der Waals surface area contributed by atoms with E-state index in [0.29, 0.717) is 6.42 Å². The Bertz CT molecular complexity index is 196. The number of aliphatic hydroxyl groups excluding tert-OH is 1. The molecule has 0 aromatic carbocycles. The van der Waals surface area contributed by atoms with E-state index in [4.69, 9.17) is 9.84 Å². The summed E-state index contributed by atoms with van der Waals surface area (Å²) >= 11 is 0. The zero-order chi connectivity index (χ0) is 9.47. The summed E-state index contributed by atoms with van der Waals surface area (Å²) in [7, 11) is 0. The van der Waals surface area contributed by atoms with Crippen molar-refractivity contribution in [1.29, 1.82) is 0 Å². The molecule has 0 aromatic heterocycles. The van der Waals surface area contributed by atoms with Gasteiger partial charge in [0.25, 0.3) is 5.92 Å². The summed E-state index contributed by atoms with van der Waals surface area (Å²) in [5, 5.41) is 8.51. The molecule has 0 saturated carbocycles. The minimum absolute atomic E-state index is 0.0552. The van der Waals surface area contributed by atoms with Gasteiger partial charge in [0.2, 0.25) is 0 Å². The molecule has 2 saturated heterocycles. The second-order valence-corrected chi connectivity index (χ2v) is 3.95. The molecule has 76 valence electrons. The first-order valence-corrected chi connectivity index (χ1v) is 4.77. The van der Waals surface area contributed by atoms with Crippen molar-refractivity contribution < 1.29 is 18.6 Å². The summed E-state index contributed by atoms with van der Waals surface area (Å²) in [6, 6.07) is 0. The normalized spacial score (nSPS) is 38.5. The van der Waals surface area contributed by atoms with Crippen LogP contribution >= 0.6 is 0 Å². The Hall–Kier alpha value is -0.220. The van der Waals surface area contributed by atoms with Crippen LogP contribution in [-0.4, -0.2) is 29.8 Å². The average Bonchev–Trinajstić information content (AvgIpc) is 2.63. The van der Waals surface area contributed by atoms with Gasteiger partial charge in [-0.15, -0.1) is 0 Å². The summed E-state index contributed by atoms with van der Waals surface area (Å²) < 4.78 is 32.0. The van der Waals surface area contributed by atoms with Crippen molar-refractivity contribution in [3.63, 3.8) is 0 Å². The highest BCUT2D eigenvalue weighted by Gasteiger charge is 2.52. The van der Waals surface area contributed by atoms with E-state index >= 15 is 0 Å². The van der Waals surface area contributed by atoms with Crippen LogP contribution in [0.4, 0.5) is 8.78 Å². The molecule has 0 amide bonds. The van der Waals surface area contributed by atoms with Crippen LogP contribution in [0.2, 0.25) is 0 Å². The molecule has 2 fully saturated rings. The number of hydrogen-bond acceptors (Lipinski definition) is 2. The van der Waals surface area contributed by atoms with Gasteiger partial charge >= 0.3 is 0 Å². The first kappa shape index (κ1) is 9.34. The number of aliphatic hydroxyl groups is 1. The Kier molecular flexibility index (Phi) is 2.28. The molecular weight excluding hydrogens is 178 g/mol. The van der Waals surface area contributed by atoms with E-state index in [2.05, 4.69) is 0 Å².